The number of aliphatic imine (C=N–C) groups is 1. The number of carboxylic acids is 1. The van der Waals surface area contributed by atoms with Gasteiger partial charge in [-0.1, -0.05) is 103 Å². The minimum atomic E-state index is -0.931. The third-order valence-corrected chi connectivity index (χ3v) is 6.35. The zero-order valence-corrected chi connectivity index (χ0v) is 22.6. The first-order chi connectivity index (χ1) is 17.0. The molecule has 0 spiro atoms. The fourth-order valence-electron chi connectivity index (χ4n) is 4.25. The van der Waals surface area contributed by atoms with E-state index in [2.05, 4.69) is 11.9 Å². The summed E-state index contributed by atoms with van der Waals surface area (Å²) in [5, 5.41) is 20.3. The van der Waals surface area contributed by atoms with Gasteiger partial charge >= 0.3 is 5.97 Å². The molecule has 0 aliphatic carbocycles. The molecule has 0 rings (SSSR count). The summed E-state index contributed by atoms with van der Waals surface area (Å²) in [7, 11) is 0. The van der Waals surface area contributed by atoms with Crippen LogP contribution in [-0.2, 0) is 9.63 Å². The third kappa shape index (κ3) is 22.8. The Balaban J connectivity index is 3.82. The summed E-state index contributed by atoms with van der Waals surface area (Å²) in [6.45, 7) is 3.54. The Morgan fingerprint density at radius 2 is 1.29 bits per heavy atom. The summed E-state index contributed by atoms with van der Waals surface area (Å²) in [4.78, 5) is 21.5. The van der Waals surface area contributed by atoms with E-state index < -0.39 is 12.0 Å². The van der Waals surface area contributed by atoms with Crippen LogP contribution in [-0.4, -0.2) is 59.6 Å². The van der Waals surface area contributed by atoms with E-state index in [-0.39, 0.29) is 12.6 Å². The standard InChI is InChI=1S/C27H56N4O4/c1-2-3-4-5-6-7-8-9-10-11-12-13-14-15-16-17-24-35-31(22-19-23-32)25(26(33)34)20-18-21-30-27(28)29/h25,32H,2-24H2,1H3,(H,33,34)(H4,28,29,30)/t25-/m0/s1. The van der Waals surface area contributed by atoms with Crippen molar-refractivity contribution in [3.8, 4) is 0 Å². The normalized spacial score (nSPS) is 12.2. The maximum absolute atomic E-state index is 11.7. The monoisotopic (exact) mass is 500 g/mol. The lowest BCUT2D eigenvalue weighted by atomic mass is 10.0. The molecule has 0 aliphatic rings. The minimum absolute atomic E-state index is 0.000747. The first kappa shape index (κ1) is 33.6. The second kappa shape index (κ2) is 25.7. The zero-order valence-electron chi connectivity index (χ0n) is 22.6. The summed E-state index contributed by atoms with van der Waals surface area (Å²) in [5.41, 5.74) is 10.6. The molecule has 0 aromatic rings. The minimum Gasteiger partial charge on any atom is -0.480 e. The van der Waals surface area contributed by atoms with Crippen LogP contribution in [0, 0.1) is 0 Å². The Kier molecular flexibility index (Phi) is 24.7. The van der Waals surface area contributed by atoms with Crippen molar-refractivity contribution in [1.82, 2.24) is 5.06 Å². The molecule has 0 heterocycles. The van der Waals surface area contributed by atoms with Crippen molar-refractivity contribution in [2.45, 2.75) is 135 Å². The molecule has 0 aromatic carbocycles. The van der Waals surface area contributed by atoms with Crippen LogP contribution in [0.1, 0.15) is 129 Å². The average molecular weight is 501 g/mol. The third-order valence-electron chi connectivity index (χ3n) is 6.35. The van der Waals surface area contributed by atoms with Crippen LogP contribution in [0.5, 0.6) is 0 Å². The highest BCUT2D eigenvalue weighted by Crippen LogP contribution is 2.15. The van der Waals surface area contributed by atoms with E-state index >= 15 is 0 Å². The number of unbranched alkanes of at least 4 members (excludes halogenated alkanes) is 15. The van der Waals surface area contributed by atoms with Crippen molar-refractivity contribution >= 4 is 11.9 Å². The number of hydroxylamine groups is 2. The molecule has 1 atom stereocenters. The highest BCUT2D eigenvalue weighted by Gasteiger charge is 2.25. The van der Waals surface area contributed by atoms with Crippen molar-refractivity contribution in [3.63, 3.8) is 0 Å². The van der Waals surface area contributed by atoms with Crippen LogP contribution >= 0.6 is 0 Å². The molecule has 0 unspecified atom stereocenters. The van der Waals surface area contributed by atoms with Crippen LogP contribution in [0.25, 0.3) is 0 Å². The molecule has 0 saturated heterocycles. The second-order valence-corrected chi connectivity index (χ2v) is 9.66. The molecule has 0 aliphatic heterocycles. The Bertz CT molecular complexity index is 502. The lowest BCUT2D eigenvalue weighted by Crippen LogP contribution is -2.42. The van der Waals surface area contributed by atoms with Gasteiger partial charge in [-0.2, -0.15) is 5.06 Å². The lowest BCUT2D eigenvalue weighted by Gasteiger charge is -2.27. The van der Waals surface area contributed by atoms with Crippen LogP contribution < -0.4 is 11.5 Å². The Hall–Kier alpha value is -1.38. The van der Waals surface area contributed by atoms with Gasteiger partial charge in [-0.05, 0) is 25.7 Å². The second-order valence-electron chi connectivity index (χ2n) is 9.66. The molecular weight excluding hydrogens is 444 g/mol. The van der Waals surface area contributed by atoms with Gasteiger partial charge in [0.05, 0.1) is 6.61 Å². The van der Waals surface area contributed by atoms with Crippen LogP contribution in [0.15, 0.2) is 4.99 Å². The predicted molar refractivity (Wildman–Crippen MR) is 145 cm³/mol. The molecule has 0 amide bonds. The van der Waals surface area contributed by atoms with E-state index in [0.717, 1.165) is 12.8 Å². The van der Waals surface area contributed by atoms with Gasteiger partial charge < -0.3 is 21.7 Å². The Morgan fingerprint density at radius 3 is 1.71 bits per heavy atom. The number of carbonyl (C=O) groups is 1. The SMILES string of the molecule is CCCCCCCCCCCCCCCCCCON(CCCO)[C@@H](CCCN=C(N)N)C(=O)O. The number of guanidine groups is 1. The number of hydrogen-bond acceptors (Lipinski definition) is 5. The molecule has 0 saturated carbocycles. The van der Waals surface area contributed by atoms with E-state index in [1.807, 2.05) is 0 Å². The van der Waals surface area contributed by atoms with E-state index in [1.54, 1.807) is 0 Å². The number of rotatable bonds is 27. The van der Waals surface area contributed by atoms with E-state index in [4.69, 9.17) is 21.4 Å². The molecule has 8 heteroatoms. The fourth-order valence-corrected chi connectivity index (χ4v) is 4.25. The van der Waals surface area contributed by atoms with Crippen molar-refractivity contribution in [3.05, 3.63) is 0 Å². The first-order valence-corrected chi connectivity index (χ1v) is 14.3. The summed E-state index contributed by atoms with van der Waals surface area (Å²) in [5.74, 6) is -0.923. The highest BCUT2D eigenvalue weighted by atomic mass is 16.7. The maximum Gasteiger partial charge on any atom is 0.323 e. The number of aliphatic hydroxyl groups is 1. The van der Waals surface area contributed by atoms with Gasteiger partial charge in [-0.15, -0.1) is 0 Å². The molecule has 0 aromatic heterocycles. The number of aliphatic carboxylic acids is 1. The first-order valence-electron chi connectivity index (χ1n) is 14.3. The largest absolute Gasteiger partial charge is 0.480 e. The predicted octanol–water partition coefficient (Wildman–Crippen LogP) is 5.37. The molecule has 35 heavy (non-hydrogen) atoms. The van der Waals surface area contributed by atoms with Gasteiger partial charge in [-0.3, -0.25) is 14.6 Å². The van der Waals surface area contributed by atoms with Gasteiger partial charge in [0.25, 0.3) is 0 Å². The van der Waals surface area contributed by atoms with Gasteiger partial charge in [0, 0.05) is 19.7 Å². The number of aliphatic hydroxyl groups excluding tert-OH is 1. The van der Waals surface area contributed by atoms with Gasteiger partial charge in [0.1, 0.15) is 6.04 Å². The summed E-state index contributed by atoms with van der Waals surface area (Å²) in [6, 6.07) is -0.767. The van der Waals surface area contributed by atoms with Gasteiger partial charge in [0.15, 0.2) is 5.96 Å². The van der Waals surface area contributed by atoms with Crippen molar-refractivity contribution in [1.29, 1.82) is 0 Å². The quantitative estimate of drug-likeness (QED) is 0.0515. The zero-order chi connectivity index (χ0) is 26.0. The van der Waals surface area contributed by atoms with E-state index in [0.29, 0.717) is 39.0 Å². The molecule has 6 N–H and O–H groups in total. The molecule has 208 valence electrons. The molecule has 0 radical (unpaired) electrons. The number of carboxylic acid groups (broad SMARTS) is 1. The van der Waals surface area contributed by atoms with Crippen molar-refractivity contribution in [2.75, 3.05) is 26.3 Å². The van der Waals surface area contributed by atoms with Crippen LogP contribution in [0.4, 0.5) is 0 Å². The van der Waals surface area contributed by atoms with Crippen molar-refractivity contribution < 1.29 is 19.8 Å². The fraction of sp³-hybridized carbons (Fsp3) is 0.926. The summed E-state index contributed by atoms with van der Waals surface area (Å²) in [6.07, 6.45) is 22.4. The smallest absolute Gasteiger partial charge is 0.323 e. The number of nitrogens with zero attached hydrogens (tertiary/aromatic N) is 2. The highest BCUT2D eigenvalue weighted by molar-refractivity contribution is 5.75. The summed E-state index contributed by atoms with van der Waals surface area (Å²) >= 11 is 0. The molecular formula is C27H56N4O4. The van der Waals surface area contributed by atoms with E-state index in [9.17, 15) is 9.90 Å². The Labute approximate surface area is 214 Å². The molecule has 8 nitrogen and oxygen atoms in total. The summed E-state index contributed by atoms with van der Waals surface area (Å²) < 4.78 is 0. The average Bonchev–Trinajstić information content (AvgIpc) is 2.83. The van der Waals surface area contributed by atoms with Gasteiger partial charge in [0.2, 0.25) is 0 Å². The molecule has 0 fully saturated rings. The number of hydrogen-bond donors (Lipinski definition) is 4. The molecule has 0 bridgehead atoms. The van der Waals surface area contributed by atoms with Crippen molar-refractivity contribution in [2.24, 2.45) is 16.5 Å². The topological polar surface area (TPSA) is 134 Å². The maximum atomic E-state index is 11.7. The number of nitrogens with two attached hydrogens (primary N) is 2. The van der Waals surface area contributed by atoms with Crippen LogP contribution in [0.2, 0.25) is 0 Å². The van der Waals surface area contributed by atoms with Crippen LogP contribution in [0.3, 0.4) is 0 Å². The van der Waals surface area contributed by atoms with E-state index in [1.165, 1.54) is 95.0 Å². The Morgan fingerprint density at radius 1 is 0.800 bits per heavy atom. The van der Waals surface area contributed by atoms with Gasteiger partial charge in [-0.25, -0.2) is 0 Å². The lowest BCUT2D eigenvalue weighted by molar-refractivity contribution is -0.202.